The lowest BCUT2D eigenvalue weighted by atomic mass is 9.90. The first kappa shape index (κ1) is 20.0. The molecule has 3 heteroatoms. The van der Waals surface area contributed by atoms with Gasteiger partial charge in [-0.3, -0.25) is 0 Å². The van der Waals surface area contributed by atoms with Crippen molar-refractivity contribution in [2.75, 3.05) is 0 Å². The van der Waals surface area contributed by atoms with Crippen molar-refractivity contribution in [2.24, 2.45) is 0 Å². The van der Waals surface area contributed by atoms with Crippen molar-refractivity contribution in [1.29, 1.82) is 0 Å². The molecule has 1 rings (SSSR count). The van der Waals surface area contributed by atoms with Crippen LogP contribution in [0, 0.1) is 0 Å². The first-order chi connectivity index (χ1) is 10.6. The quantitative estimate of drug-likeness (QED) is 0.232. The Morgan fingerprint density at radius 2 is 1.59 bits per heavy atom. The zero-order chi connectivity index (χ0) is 16.3. The topological polar surface area (TPSA) is 20.2 Å². The molecule has 1 aromatic carbocycles. The van der Waals surface area contributed by atoms with Crippen LogP contribution in [-0.2, 0) is 0 Å². The minimum absolute atomic E-state index is 0.632. The molecule has 0 aliphatic carbocycles. The molecule has 0 heterocycles. The zero-order valence-electron chi connectivity index (χ0n) is 13.9. The van der Waals surface area contributed by atoms with E-state index in [0.717, 1.165) is 29.3 Å². The third kappa shape index (κ3) is 7.51. The molecule has 0 aromatic heterocycles. The van der Waals surface area contributed by atoms with Crippen LogP contribution in [0.5, 0.6) is 0 Å². The average molecular weight is 432 g/mol. The largest absolute Gasteiger partial charge is 0.385 e. The fourth-order valence-corrected chi connectivity index (χ4v) is 4.12. The maximum Gasteiger partial charge on any atom is 0.0958 e. The molecule has 0 fully saturated rings. The predicted molar refractivity (Wildman–Crippen MR) is 108 cm³/mol. The van der Waals surface area contributed by atoms with Crippen molar-refractivity contribution in [3.63, 3.8) is 0 Å². The molecule has 0 amide bonds. The highest BCUT2D eigenvalue weighted by atomic mass is 127. The van der Waals surface area contributed by atoms with E-state index in [1.54, 1.807) is 11.8 Å². The van der Waals surface area contributed by atoms with Crippen LogP contribution in [0.25, 0.3) is 0 Å². The molecule has 0 bridgehead atoms. The lowest BCUT2D eigenvalue weighted by Crippen LogP contribution is -2.28. The summed E-state index contributed by atoms with van der Waals surface area (Å²) in [5, 5.41) is 13.3. The van der Waals surface area contributed by atoms with Crippen LogP contribution >= 0.6 is 34.4 Å². The van der Waals surface area contributed by atoms with Gasteiger partial charge in [0.1, 0.15) is 0 Å². The molecule has 0 saturated heterocycles. The van der Waals surface area contributed by atoms with Crippen LogP contribution in [0.2, 0.25) is 0 Å². The van der Waals surface area contributed by atoms with Gasteiger partial charge in [0.15, 0.2) is 0 Å². The van der Waals surface area contributed by atoms with Gasteiger partial charge in [-0.1, -0.05) is 82.3 Å². The summed E-state index contributed by atoms with van der Waals surface area (Å²) in [6.07, 6.45) is 8.78. The smallest absolute Gasteiger partial charge is 0.0958 e. The van der Waals surface area contributed by atoms with Gasteiger partial charge in [-0.05, 0) is 53.0 Å². The minimum atomic E-state index is -0.632. The first-order valence-electron chi connectivity index (χ1n) is 8.42. The molecule has 0 spiro atoms. The van der Waals surface area contributed by atoms with Crippen molar-refractivity contribution in [1.82, 2.24) is 0 Å². The molecular formula is C19H29IOS. The van der Waals surface area contributed by atoms with Gasteiger partial charge in [-0.15, -0.1) is 0 Å². The monoisotopic (exact) mass is 432 g/mol. The number of unbranched alkanes of at least 4 members (excludes halogenated alkanes) is 4. The summed E-state index contributed by atoms with van der Waals surface area (Å²) in [7, 11) is 0. The van der Waals surface area contributed by atoms with Gasteiger partial charge in [0.2, 0.25) is 0 Å². The maximum atomic E-state index is 11.1. The van der Waals surface area contributed by atoms with Gasteiger partial charge in [0.25, 0.3) is 0 Å². The molecule has 1 nitrogen and oxygen atoms in total. The van der Waals surface area contributed by atoms with E-state index in [1.807, 2.05) is 6.07 Å². The van der Waals surface area contributed by atoms with Gasteiger partial charge in [0.05, 0.1) is 5.60 Å². The highest BCUT2D eigenvalue weighted by Crippen LogP contribution is 2.36. The van der Waals surface area contributed by atoms with Crippen LogP contribution in [0.15, 0.2) is 44.2 Å². The molecular weight excluding hydrogens is 403 g/mol. The van der Waals surface area contributed by atoms with Crippen molar-refractivity contribution in [2.45, 2.75) is 75.7 Å². The van der Waals surface area contributed by atoms with Crippen LogP contribution in [0.1, 0.15) is 65.2 Å². The van der Waals surface area contributed by atoms with Crippen molar-refractivity contribution in [3.8, 4) is 0 Å². The Kier molecular flexibility index (Phi) is 10.5. The highest BCUT2D eigenvalue weighted by molar-refractivity contribution is 14.1. The fraction of sp³-hybridized carbons (Fsp3) is 0.579. The average Bonchev–Trinajstić information content (AvgIpc) is 2.54. The molecule has 0 aliphatic rings. The van der Waals surface area contributed by atoms with Crippen molar-refractivity contribution < 1.29 is 5.11 Å². The third-order valence-corrected chi connectivity index (χ3v) is 6.51. The Morgan fingerprint density at radius 1 is 1.05 bits per heavy atom. The second-order valence-electron chi connectivity index (χ2n) is 5.84. The van der Waals surface area contributed by atoms with Crippen LogP contribution < -0.4 is 0 Å². The minimum Gasteiger partial charge on any atom is -0.385 e. The Bertz CT molecular complexity index is 420. The van der Waals surface area contributed by atoms with E-state index in [2.05, 4.69) is 66.1 Å². The number of thioether (sulfide) groups is 1. The summed E-state index contributed by atoms with van der Waals surface area (Å²) in [5.74, 6) is 0. The molecule has 0 atom stereocenters. The SMILES string of the molecule is CCCCCC(O)(CCCCC)/C(I)=C/Sc1ccccc1. The summed E-state index contributed by atoms with van der Waals surface area (Å²) in [6.45, 7) is 4.42. The number of halogens is 1. The van der Waals surface area contributed by atoms with Gasteiger partial charge in [0, 0.05) is 8.48 Å². The van der Waals surface area contributed by atoms with E-state index in [0.29, 0.717) is 0 Å². The number of hydrogen-bond donors (Lipinski definition) is 1. The normalized spacial score (nSPS) is 12.6. The highest BCUT2D eigenvalue weighted by Gasteiger charge is 2.29. The lowest BCUT2D eigenvalue weighted by Gasteiger charge is -2.28. The summed E-state index contributed by atoms with van der Waals surface area (Å²) in [5.41, 5.74) is -0.632. The Balaban J connectivity index is 2.69. The number of benzene rings is 1. The van der Waals surface area contributed by atoms with E-state index in [9.17, 15) is 5.11 Å². The van der Waals surface area contributed by atoms with E-state index >= 15 is 0 Å². The number of aliphatic hydroxyl groups is 1. The molecule has 124 valence electrons. The summed E-state index contributed by atoms with van der Waals surface area (Å²) in [6, 6.07) is 10.4. The second kappa shape index (κ2) is 11.5. The lowest BCUT2D eigenvalue weighted by molar-refractivity contribution is 0.0649. The Hall–Kier alpha value is -0.000000000000000111. The summed E-state index contributed by atoms with van der Waals surface area (Å²) >= 11 is 4.05. The first-order valence-corrected chi connectivity index (χ1v) is 10.4. The van der Waals surface area contributed by atoms with Gasteiger partial charge in [-0.25, -0.2) is 0 Å². The third-order valence-electron chi connectivity index (χ3n) is 3.87. The van der Waals surface area contributed by atoms with Crippen LogP contribution in [0.4, 0.5) is 0 Å². The van der Waals surface area contributed by atoms with Gasteiger partial charge < -0.3 is 5.11 Å². The molecule has 1 aromatic rings. The van der Waals surface area contributed by atoms with E-state index < -0.39 is 5.60 Å². The molecule has 0 radical (unpaired) electrons. The molecule has 22 heavy (non-hydrogen) atoms. The summed E-state index contributed by atoms with van der Waals surface area (Å²) in [4.78, 5) is 1.22. The van der Waals surface area contributed by atoms with Crippen molar-refractivity contribution in [3.05, 3.63) is 39.3 Å². The van der Waals surface area contributed by atoms with Gasteiger partial charge in [-0.2, -0.15) is 0 Å². The van der Waals surface area contributed by atoms with Crippen molar-refractivity contribution >= 4 is 34.4 Å². The Morgan fingerprint density at radius 3 is 2.09 bits per heavy atom. The Labute approximate surface area is 154 Å². The zero-order valence-corrected chi connectivity index (χ0v) is 16.8. The molecule has 0 saturated carbocycles. The predicted octanol–water partition coefficient (Wildman–Crippen LogP) is 6.95. The van der Waals surface area contributed by atoms with E-state index in [-0.39, 0.29) is 0 Å². The van der Waals surface area contributed by atoms with E-state index in [4.69, 9.17) is 0 Å². The molecule has 0 aliphatic heterocycles. The standard InChI is InChI=1S/C19H29IOS/c1-3-5-10-14-19(21,15-11-6-4-2)18(20)16-22-17-12-8-7-9-13-17/h7-9,12-13,16,21H,3-6,10-11,14-15H2,1-2H3/b18-16-. The van der Waals surface area contributed by atoms with Crippen LogP contribution in [0.3, 0.4) is 0 Å². The fourth-order valence-electron chi connectivity index (χ4n) is 2.43. The van der Waals surface area contributed by atoms with Crippen LogP contribution in [-0.4, -0.2) is 10.7 Å². The molecule has 0 unspecified atom stereocenters. The summed E-state index contributed by atoms with van der Waals surface area (Å²) < 4.78 is 1.09. The number of rotatable bonds is 11. The maximum absolute atomic E-state index is 11.1. The van der Waals surface area contributed by atoms with Gasteiger partial charge >= 0.3 is 0 Å². The second-order valence-corrected chi connectivity index (χ2v) is 7.95. The molecule has 1 N–H and O–H groups in total. The number of hydrogen-bond acceptors (Lipinski definition) is 2. The van der Waals surface area contributed by atoms with E-state index in [1.165, 1.54) is 30.6 Å².